The molecular formula is C22H21N5O5. The van der Waals surface area contributed by atoms with Gasteiger partial charge in [0.15, 0.2) is 5.78 Å². The minimum atomic E-state index is -0.942. The van der Waals surface area contributed by atoms with E-state index in [1.165, 1.54) is 25.6 Å². The number of nitrogens with zero attached hydrogens (tertiary/aromatic N) is 2. The van der Waals surface area contributed by atoms with Crippen LogP contribution >= 0.6 is 0 Å². The fourth-order valence-corrected chi connectivity index (χ4v) is 2.60. The molecule has 10 nitrogen and oxygen atoms in total. The van der Waals surface area contributed by atoms with Crippen molar-refractivity contribution < 1.29 is 24.2 Å². The van der Waals surface area contributed by atoms with Gasteiger partial charge in [-0.15, -0.1) is 0 Å². The summed E-state index contributed by atoms with van der Waals surface area (Å²) in [5.41, 5.74) is 2.68. The summed E-state index contributed by atoms with van der Waals surface area (Å²) in [6.45, 7) is 0. The van der Waals surface area contributed by atoms with Crippen molar-refractivity contribution in [2.24, 2.45) is 0 Å². The van der Waals surface area contributed by atoms with Crippen molar-refractivity contribution >= 4 is 34.8 Å². The molecule has 4 aromatic rings. The SMILES string of the molecule is COC(=O)Nc1nc2cc(C(=O)c3ccccc3)ccc2[nH]1.N.O=C(O)c1cccnc1. The van der Waals surface area contributed by atoms with E-state index >= 15 is 0 Å². The molecule has 0 aliphatic rings. The first-order chi connectivity index (χ1) is 15.0. The number of nitrogens with one attached hydrogen (secondary N) is 2. The van der Waals surface area contributed by atoms with Crippen LogP contribution in [0.1, 0.15) is 26.3 Å². The van der Waals surface area contributed by atoms with Crippen LogP contribution in [-0.4, -0.2) is 45.0 Å². The Morgan fingerprint density at radius 1 is 0.969 bits per heavy atom. The number of carboxylic acids is 1. The summed E-state index contributed by atoms with van der Waals surface area (Å²) in [6.07, 6.45) is 2.23. The molecule has 0 saturated heterocycles. The number of anilines is 1. The first kappa shape index (κ1) is 23.7. The molecule has 0 spiro atoms. The Balaban J connectivity index is 0.000000307. The monoisotopic (exact) mass is 435 g/mol. The second-order valence-corrected chi connectivity index (χ2v) is 6.18. The fraction of sp³-hybridized carbons (Fsp3) is 0.0455. The van der Waals surface area contributed by atoms with Gasteiger partial charge in [-0.1, -0.05) is 30.3 Å². The van der Waals surface area contributed by atoms with E-state index in [4.69, 9.17) is 5.11 Å². The van der Waals surface area contributed by atoms with Gasteiger partial charge in [0.25, 0.3) is 0 Å². The van der Waals surface area contributed by atoms with Gasteiger partial charge >= 0.3 is 12.1 Å². The summed E-state index contributed by atoms with van der Waals surface area (Å²) in [5.74, 6) is -0.748. The first-order valence-electron chi connectivity index (χ1n) is 9.05. The maximum Gasteiger partial charge on any atom is 0.413 e. The molecule has 0 saturated carbocycles. The Hall–Kier alpha value is -4.57. The van der Waals surface area contributed by atoms with Crippen molar-refractivity contribution in [3.63, 3.8) is 0 Å². The van der Waals surface area contributed by atoms with E-state index < -0.39 is 12.1 Å². The molecule has 164 valence electrons. The molecule has 2 aromatic heterocycles. The zero-order chi connectivity index (χ0) is 22.2. The van der Waals surface area contributed by atoms with Crippen LogP contribution in [0.2, 0.25) is 0 Å². The zero-order valence-electron chi connectivity index (χ0n) is 17.1. The summed E-state index contributed by atoms with van der Waals surface area (Å²) in [4.78, 5) is 44.5. The van der Waals surface area contributed by atoms with E-state index in [-0.39, 0.29) is 23.4 Å². The third-order valence-corrected chi connectivity index (χ3v) is 4.10. The van der Waals surface area contributed by atoms with Crippen molar-refractivity contribution in [3.05, 3.63) is 89.7 Å². The highest BCUT2D eigenvalue weighted by atomic mass is 16.5. The van der Waals surface area contributed by atoms with E-state index in [0.717, 1.165) is 5.52 Å². The number of aromatic carboxylic acids is 1. The quantitative estimate of drug-likeness (QED) is 0.350. The molecule has 6 N–H and O–H groups in total. The minimum Gasteiger partial charge on any atom is -0.478 e. The number of carbonyl (C=O) groups excluding carboxylic acids is 2. The number of rotatable bonds is 4. The second-order valence-electron chi connectivity index (χ2n) is 6.18. The van der Waals surface area contributed by atoms with Crippen LogP contribution in [0, 0.1) is 0 Å². The molecule has 0 atom stereocenters. The highest BCUT2D eigenvalue weighted by molar-refractivity contribution is 6.10. The molecule has 2 aromatic carbocycles. The molecule has 0 fully saturated rings. The molecule has 0 aliphatic heterocycles. The van der Waals surface area contributed by atoms with Crippen LogP contribution in [0.15, 0.2) is 73.1 Å². The number of ketones is 1. The number of fused-ring (bicyclic) bond motifs is 1. The number of carbonyl (C=O) groups is 3. The molecular weight excluding hydrogens is 414 g/mol. The number of imidazole rings is 1. The smallest absolute Gasteiger partial charge is 0.413 e. The van der Waals surface area contributed by atoms with Crippen LogP contribution in [0.25, 0.3) is 11.0 Å². The highest BCUT2D eigenvalue weighted by Gasteiger charge is 2.12. The number of methoxy groups -OCH3 is 1. The van der Waals surface area contributed by atoms with E-state index in [1.54, 1.807) is 36.4 Å². The summed E-state index contributed by atoms with van der Waals surface area (Å²) < 4.78 is 4.51. The number of H-pyrrole nitrogens is 1. The van der Waals surface area contributed by atoms with E-state index in [1.807, 2.05) is 18.2 Å². The Morgan fingerprint density at radius 3 is 2.28 bits per heavy atom. The fourth-order valence-electron chi connectivity index (χ4n) is 2.60. The van der Waals surface area contributed by atoms with E-state index in [9.17, 15) is 14.4 Å². The molecule has 1 amide bonds. The molecule has 32 heavy (non-hydrogen) atoms. The van der Waals surface area contributed by atoms with Gasteiger partial charge in [-0.05, 0) is 30.3 Å². The van der Waals surface area contributed by atoms with E-state index in [0.29, 0.717) is 16.6 Å². The number of ether oxygens (including phenoxy) is 1. The minimum absolute atomic E-state index is 0. The first-order valence-corrected chi connectivity index (χ1v) is 9.05. The Bertz CT molecular complexity index is 1210. The molecule has 2 heterocycles. The third-order valence-electron chi connectivity index (χ3n) is 4.10. The maximum atomic E-state index is 12.4. The lowest BCUT2D eigenvalue weighted by Crippen LogP contribution is -2.11. The molecule has 0 bridgehead atoms. The van der Waals surface area contributed by atoms with Gasteiger partial charge in [-0.2, -0.15) is 0 Å². The third kappa shape index (κ3) is 5.97. The number of benzene rings is 2. The van der Waals surface area contributed by atoms with Crippen molar-refractivity contribution in [1.29, 1.82) is 0 Å². The van der Waals surface area contributed by atoms with Gasteiger partial charge in [0.05, 0.1) is 23.7 Å². The van der Waals surface area contributed by atoms with Gasteiger partial charge in [-0.3, -0.25) is 15.1 Å². The topological polar surface area (TPSA) is 169 Å². The van der Waals surface area contributed by atoms with Crippen molar-refractivity contribution in [2.75, 3.05) is 12.4 Å². The maximum absolute atomic E-state index is 12.4. The van der Waals surface area contributed by atoms with Gasteiger partial charge in [-0.25, -0.2) is 14.6 Å². The zero-order valence-corrected chi connectivity index (χ0v) is 17.1. The number of amides is 1. The number of aromatic nitrogens is 3. The summed E-state index contributed by atoms with van der Waals surface area (Å²) >= 11 is 0. The summed E-state index contributed by atoms with van der Waals surface area (Å²) in [5, 5.41) is 10.8. The van der Waals surface area contributed by atoms with Crippen molar-refractivity contribution in [2.45, 2.75) is 0 Å². The molecule has 0 unspecified atom stereocenters. The number of hydrogen-bond acceptors (Lipinski definition) is 7. The summed E-state index contributed by atoms with van der Waals surface area (Å²) in [6, 6.07) is 17.3. The number of carboxylic acid groups (broad SMARTS) is 1. The Labute approximate surface area is 182 Å². The van der Waals surface area contributed by atoms with Crippen LogP contribution in [0.5, 0.6) is 0 Å². The average molecular weight is 435 g/mol. The lowest BCUT2D eigenvalue weighted by molar-refractivity contribution is 0.0696. The summed E-state index contributed by atoms with van der Waals surface area (Å²) in [7, 11) is 1.27. The average Bonchev–Trinajstić information content (AvgIpc) is 3.21. The Kier molecular flexibility index (Phi) is 8.14. The number of aromatic amines is 1. The number of pyridine rings is 1. The standard InChI is InChI=1S/C16H13N3O3.C6H5NO2.H3N/c1-22-16(21)19-15-17-12-8-7-11(9-13(12)18-15)14(20)10-5-3-2-4-6-10;8-6(9)5-2-1-3-7-4-5;/h2-9H,1H3,(H2,17,18,19,21);1-4H,(H,8,9);1H3. The largest absolute Gasteiger partial charge is 0.478 e. The second kappa shape index (κ2) is 11.0. The molecule has 0 aliphatic carbocycles. The van der Waals surface area contributed by atoms with Crippen LogP contribution in [0.4, 0.5) is 10.7 Å². The van der Waals surface area contributed by atoms with Crippen LogP contribution < -0.4 is 11.5 Å². The number of hydrogen-bond donors (Lipinski definition) is 4. The molecule has 10 heteroatoms. The Morgan fingerprint density at radius 2 is 1.69 bits per heavy atom. The van der Waals surface area contributed by atoms with E-state index in [2.05, 4.69) is 25.0 Å². The van der Waals surface area contributed by atoms with Crippen molar-refractivity contribution in [1.82, 2.24) is 21.1 Å². The van der Waals surface area contributed by atoms with Gasteiger partial charge < -0.3 is 21.0 Å². The van der Waals surface area contributed by atoms with Gasteiger partial charge in [0.2, 0.25) is 5.95 Å². The van der Waals surface area contributed by atoms with Gasteiger partial charge in [0, 0.05) is 23.5 Å². The molecule has 4 rings (SSSR count). The highest BCUT2D eigenvalue weighted by Crippen LogP contribution is 2.18. The lowest BCUT2D eigenvalue weighted by Gasteiger charge is -2.00. The normalized spacial score (nSPS) is 9.66. The van der Waals surface area contributed by atoms with Gasteiger partial charge in [0.1, 0.15) is 0 Å². The predicted molar refractivity (Wildman–Crippen MR) is 118 cm³/mol. The van der Waals surface area contributed by atoms with Crippen LogP contribution in [0.3, 0.4) is 0 Å². The lowest BCUT2D eigenvalue weighted by atomic mass is 10.0. The molecule has 0 radical (unpaired) electrons. The predicted octanol–water partition coefficient (Wildman–Crippen LogP) is 3.91. The van der Waals surface area contributed by atoms with Crippen molar-refractivity contribution in [3.8, 4) is 0 Å². The van der Waals surface area contributed by atoms with Crippen LogP contribution in [-0.2, 0) is 4.74 Å².